The molecule has 2 aromatic rings. The van der Waals surface area contributed by atoms with Crippen molar-refractivity contribution in [3.05, 3.63) is 57.3 Å². The van der Waals surface area contributed by atoms with Crippen molar-refractivity contribution in [3.63, 3.8) is 0 Å². The molecular formula is C17H16F6N2S. The molecule has 1 N–H and O–H groups in total. The van der Waals surface area contributed by atoms with Gasteiger partial charge in [0.25, 0.3) is 0 Å². The Labute approximate surface area is 150 Å². The molecular weight excluding hydrogens is 378 g/mol. The van der Waals surface area contributed by atoms with Crippen molar-refractivity contribution in [2.75, 3.05) is 26.2 Å². The van der Waals surface area contributed by atoms with Crippen LogP contribution in [0.5, 0.6) is 0 Å². The second kappa shape index (κ2) is 7.21. The number of alkyl halides is 6. The molecule has 2 heterocycles. The Morgan fingerprint density at radius 1 is 0.962 bits per heavy atom. The lowest BCUT2D eigenvalue weighted by molar-refractivity contribution is -0.143. The lowest BCUT2D eigenvalue weighted by atomic mass is 9.94. The topological polar surface area (TPSA) is 15.3 Å². The van der Waals surface area contributed by atoms with Gasteiger partial charge in [0.15, 0.2) is 0 Å². The fourth-order valence-corrected chi connectivity index (χ4v) is 4.01. The third-order valence-electron chi connectivity index (χ3n) is 4.31. The molecule has 0 aliphatic carbocycles. The maximum atomic E-state index is 13.6. The van der Waals surface area contributed by atoms with Gasteiger partial charge in [-0.05, 0) is 29.1 Å². The number of rotatable bonds is 3. The van der Waals surface area contributed by atoms with E-state index in [0.29, 0.717) is 31.1 Å². The van der Waals surface area contributed by atoms with Crippen LogP contribution in [0.3, 0.4) is 0 Å². The second-order valence-corrected chi connectivity index (χ2v) is 6.98. The largest absolute Gasteiger partial charge is 0.416 e. The number of thiophene rings is 1. The van der Waals surface area contributed by atoms with E-state index in [4.69, 9.17) is 0 Å². The van der Waals surface area contributed by atoms with Crippen LogP contribution in [0.1, 0.15) is 27.6 Å². The smallest absolute Gasteiger partial charge is 0.314 e. The molecule has 1 aliphatic rings. The van der Waals surface area contributed by atoms with Crippen LogP contribution in [-0.2, 0) is 12.4 Å². The van der Waals surface area contributed by atoms with Crippen molar-refractivity contribution in [2.24, 2.45) is 0 Å². The van der Waals surface area contributed by atoms with Gasteiger partial charge in [0.2, 0.25) is 0 Å². The SMILES string of the molecule is FC(F)(F)c1ccc([C@@H](c2cccs2)N2CCNCC2)c(C(F)(F)F)c1. The Balaban J connectivity index is 2.14. The minimum atomic E-state index is -4.87. The number of nitrogens with zero attached hydrogens (tertiary/aromatic N) is 1. The molecule has 0 saturated carbocycles. The van der Waals surface area contributed by atoms with Crippen LogP contribution in [0.4, 0.5) is 26.3 Å². The van der Waals surface area contributed by atoms with Crippen molar-refractivity contribution in [1.82, 2.24) is 10.2 Å². The van der Waals surface area contributed by atoms with Gasteiger partial charge in [-0.25, -0.2) is 0 Å². The van der Waals surface area contributed by atoms with Crippen LogP contribution in [0, 0.1) is 0 Å². The van der Waals surface area contributed by atoms with E-state index < -0.39 is 29.5 Å². The van der Waals surface area contributed by atoms with Crippen molar-refractivity contribution < 1.29 is 26.3 Å². The van der Waals surface area contributed by atoms with Gasteiger partial charge in [-0.3, -0.25) is 4.90 Å². The minimum absolute atomic E-state index is 0.144. The number of hydrogen-bond donors (Lipinski definition) is 1. The summed E-state index contributed by atoms with van der Waals surface area (Å²) in [6.45, 7) is 2.26. The first kappa shape index (κ1) is 19.2. The molecule has 9 heteroatoms. The Morgan fingerprint density at radius 3 is 2.19 bits per heavy atom. The summed E-state index contributed by atoms with van der Waals surface area (Å²) in [5.74, 6) is 0. The predicted molar refractivity (Wildman–Crippen MR) is 87.1 cm³/mol. The normalized spacial score (nSPS) is 18.1. The summed E-state index contributed by atoms with van der Waals surface area (Å²) in [6, 6.07) is 4.64. The fraction of sp³-hybridized carbons (Fsp3) is 0.412. The predicted octanol–water partition coefficient (Wildman–Crippen LogP) is 4.78. The van der Waals surface area contributed by atoms with E-state index in [1.807, 2.05) is 4.90 Å². The molecule has 0 amide bonds. The number of benzene rings is 1. The van der Waals surface area contributed by atoms with Gasteiger partial charge in [0, 0.05) is 31.1 Å². The first-order valence-electron chi connectivity index (χ1n) is 7.94. The van der Waals surface area contributed by atoms with Crippen LogP contribution >= 0.6 is 11.3 Å². The average molecular weight is 394 g/mol. The van der Waals surface area contributed by atoms with Gasteiger partial charge in [-0.1, -0.05) is 12.1 Å². The number of piperazine rings is 1. The summed E-state index contributed by atoms with van der Waals surface area (Å²) in [5.41, 5.74) is -2.67. The molecule has 1 aromatic carbocycles. The molecule has 2 nitrogen and oxygen atoms in total. The van der Waals surface area contributed by atoms with Crippen molar-refractivity contribution >= 4 is 11.3 Å². The molecule has 1 saturated heterocycles. The van der Waals surface area contributed by atoms with E-state index >= 15 is 0 Å². The molecule has 3 rings (SSSR count). The van der Waals surface area contributed by atoms with Crippen LogP contribution in [0.15, 0.2) is 35.7 Å². The Bertz CT molecular complexity index is 733. The van der Waals surface area contributed by atoms with E-state index in [1.54, 1.807) is 17.5 Å². The van der Waals surface area contributed by atoms with Gasteiger partial charge in [-0.15, -0.1) is 11.3 Å². The van der Waals surface area contributed by atoms with Crippen molar-refractivity contribution in [3.8, 4) is 0 Å². The first-order chi connectivity index (χ1) is 12.2. The maximum Gasteiger partial charge on any atom is 0.416 e. The molecule has 0 spiro atoms. The molecule has 1 aliphatic heterocycles. The van der Waals surface area contributed by atoms with E-state index in [-0.39, 0.29) is 11.6 Å². The summed E-state index contributed by atoms with van der Waals surface area (Å²) < 4.78 is 79.6. The fourth-order valence-electron chi connectivity index (χ4n) is 3.13. The zero-order valence-corrected chi connectivity index (χ0v) is 14.3. The van der Waals surface area contributed by atoms with Crippen LogP contribution < -0.4 is 5.32 Å². The van der Waals surface area contributed by atoms with Crippen LogP contribution in [0.2, 0.25) is 0 Å². The molecule has 142 valence electrons. The Morgan fingerprint density at radius 2 is 1.65 bits per heavy atom. The highest BCUT2D eigenvalue weighted by Crippen LogP contribution is 2.42. The van der Waals surface area contributed by atoms with E-state index in [2.05, 4.69) is 5.32 Å². The molecule has 0 radical (unpaired) electrons. The summed E-state index contributed by atoms with van der Waals surface area (Å²) >= 11 is 1.30. The highest BCUT2D eigenvalue weighted by molar-refractivity contribution is 7.10. The summed E-state index contributed by atoms with van der Waals surface area (Å²) in [5, 5.41) is 4.88. The van der Waals surface area contributed by atoms with Gasteiger partial charge in [0.1, 0.15) is 0 Å². The van der Waals surface area contributed by atoms with E-state index in [1.165, 1.54) is 11.3 Å². The molecule has 26 heavy (non-hydrogen) atoms. The third-order valence-corrected chi connectivity index (χ3v) is 5.23. The van der Waals surface area contributed by atoms with Crippen molar-refractivity contribution in [1.29, 1.82) is 0 Å². The highest BCUT2D eigenvalue weighted by atomic mass is 32.1. The van der Waals surface area contributed by atoms with Gasteiger partial charge >= 0.3 is 12.4 Å². The third kappa shape index (κ3) is 4.05. The number of halogens is 6. The molecule has 1 aromatic heterocycles. The summed E-state index contributed by atoms with van der Waals surface area (Å²) in [4.78, 5) is 2.55. The monoisotopic (exact) mass is 394 g/mol. The molecule has 0 unspecified atom stereocenters. The van der Waals surface area contributed by atoms with Gasteiger partial charge in [0.05, 0.1) is 17.2 Å². The quantitative estimate of drug-likeness (QED) is 0.754. The van der Waals surface area contributed by atoms with Gasteiger partial charge < -0.3 is 5.32 Å². The van der Waals surface area contributed by atoms with Gasteiger partial charge in [-0.2, -0.15) is 26.3 Å². The zero-order chi connectivity index (χ0) is 18.9. The second-order valence-electron chi connectivity index (χ2n) is 6.00. The molecule has 1 fully saturated rings. The standard InChI is InChI=1S/C17H16F6N2S/c18-16(19,20)11-3-4-12(13(10-11)17(21,22)23)15(14-2-1-9-26-14)25-7-5-24-6-8-25/h1-4,9-10,15,24H,5-8H2/t15-/m0/s1. The van der Waals surface area contributed by atoms with E-state index in [0.717, 1.165) is 12.1 Å². The van der Waals surface area contributed by atoms with Crippen LogP contribution in [-0.4, -0.2) is 31.1 Å². The number of hydrogen-bond acceptors (Lipinski definition) is 3. The highest BCUT2D eigenvalue weighted by Gasteiger charge is 2.41. The Kier molecular flexibility index (Phi) is 5.32. The summed E-state index contributed by atoms with van der Waals surface area (Å²) in [7, 11) is 0. The lowest BCUT2D eigenvalue weighted by Gasteiger charge is -2.36. The molecule has 1 atom stereocenters. The average Bonchev–Trinajstić information content (AvgIpc) is 3.08. The lowest BCUT2D eigenvalue weighted by Crippen LogP contribution is -2.45. The minimum Gasteiger partial charge on any atom is -0.314 e. The molecule has 0 bridgehead atoms. The van der Waals surface area contributed by atoms with Crippen LogP contribution in [0.25, 0.3) is 0 Å². The maximum absolute atomic E-state index is 13.6. The zero-order valence-electron chi connectivity index (χ0n) is 13.5. The summed E-state index contributed by atoms with van der Waals surface area (Å²) in [6.07, 6.45) is -9.70. The number of nitrogens with one attached hydrogen (secondary N) is 1. The van der Waals surface area contributed by atoms with Crippen molar-refractivity contribution in [2.45, 2.75) is 18.4 Å². The Hall–Kier alpha value is -1.58. The van der Waals surface area contributed by atoms with E-state index in [9.17, 15) is 26.3 Å². The first-order valence-corrected chi connectivity index (χ1v) is 8.82.